The van der Waals surface area contributed by atoms with Gasteiger partial charge in [-0.25, -0.2) is 0 Å². The molecule has 0 aromatic heterocycles. The van der Waals surface area contributed by atoms with Gasteiger partial charge >= 0.3 is 0 Å². The van der Waals surface area contributed by atoms with E-state index in [-0.39, 0.29) is 5.41 Å². The van der Waals surface area contributed by atoms with Crippen LogP contribution < -0.4 is 10.6 Å². The molecule has 4 nitrogen and oxygen atoms in total. The molecule has 2 N–H and O–H groups in total. The molecule has 2 fully saturated rings. The third kappa shape index (κ3) is 2.34. The van der Waals surface area contributed by atoms with Crippen molar-refractivity contribution in [1.82, 2.24) is 10.6 Å². The lowest BCUT2D eigenvalue weighted by Gasteiger charge is -2.55. The molecule has 20 heavy (non-hydrogen) atoms. The molecule has 0 bridgehead atoms. The largest absolute Gasteiger partial charge is 0.377 e. The molecule has 3 atom stereocenters. The summed E-state index contributed by atoms with van der Waals surface area (Å²) < 4.78 is 5.86. The number of fused-ring (bicyclic) bond motifs is 1. The predicted octanol–water partition coefficient (Wildman–Crippen LogP) is 2.07. The van der Waals surface area contributed by atoms with Crippen LogP contribution >= 0.6 is 0 Å². The van der Waals surface area contributed by atoms with Crippen LogP contribution in [0.2, 0.25) is 0 Å². The van der Waals surface area contributed by atoms with Gasteiger partial charge in [0, 0.05) is 36.6 Å². The number of nitrogens with one attached hydrogen (secondary N) is 2. The minimum absolute atomic E-state index is 0.200. The fraction of sp³-hybridized carbons (Fsp3) is 0.812. The zero-order valence-electron chi connectivity index (χ0n) is 12.9. The van der Waals surface area contributed by atoms with Crippen LogP contribution in [0.25, 0.3) is 0 Å². The van der Waals surface area contributed by atoms with E-state index in [4.69, 9.17) is 4.74 Å². The van der Waals surface area contributed by atoms with E-state index < -0.39 is 0 Å². The SMILES string of the molecule is CCN=C(NC1CC=CC1)NC1C2CCOC2C1(C)C. The van der Waals surface area contributed by atoms with Crippen LogP contribution in [0.4, 0.5) is 0 Å². The number of aliphatic imine (C=N–C) groups is 1. The van der Waals surface area contributed by atoms with Crippen LogP contribution in [0, 0.1) is 11.3 Å². The normalized spacial score (nSPS) is 35.8. The van der Waals surface area contributed by atoms with Crippen molar-refractivity contribution in [2.45, 2.75) is 58.2 Å². The van der Waals surface area contributed by atoms with Crippen LogP contribution in [0.15, 0.2) is 17.1 Å². The highest BCUT2D eigenvalue weighted by atomic mass is 16.5. The third-order valence-electron chi connectivity index (χ3n) is 5.06. The first-order valence-corrected chi connectivity index (χ1v) is 7.97. The summed E-state index contributed by atoms with van der Waals surface area (Å²) >= 11 is 0. The second kappa shape index (κ2) is 5.40. The molecule has 4 heteroatoms. The molecule has 0 aromatic rings. The van der Waals surface area contributed by atoms with Crippen LogP contribution in [0.3, 0.4) is 0 Å². The highest BCUT2D eigenvalue weighted by Gasteiger charge is 2.59. The molecule has 1 heterocycles. The summed E-state index contributed by atoms with van der Waals surface area (Å²) in [6.07, 6.45) is 8.30. The standard InChI is InChI=1S/C16H27N3O/c1-4-17-15(18-11-7-5-6-8-11)19-13-12-9-10-20-14(12)16(13,2)3/h5-6,11-14H,4,7-10H2,1-3H3,(H2,17,18,19). The van der Waals surface area contributed by atoms with E-state index in [0.29, 0.717) is 24.1 Å². The van der Waals surface area contributed by atoms with E-state index in [0.717, 1.165) is 32.0 Å². The Bertz CT molecular complexity index is 408. The molecule has 0 aromatic carbocycles. The van der Waals surface area contributed by atoms with Gasteiger partial charge in [-0.15, -0.1) is 0 Å². The number of nitrogens with zero attached hydrogens (tertiary/aromatic N) is 1. The zero-order valence-corrected chi connectivity index (χ0v) is 12.9. The molecule has 112 valence electrons. The Labute approximate surface area is 122 Å². The number of ether oxygens (including phenoxy) is 1. The van der Waals surface area contributed by atoms with Crippen molar-refractivity contribution in [2.24, 2.45) is 16.3 Å². The van der Waals surface area contributed by atoms with Gasteiger partial charge < -0.3 is 15.4 Å². The van der Waals surface area contributed by atoms with Crippen molar-refractivity contribution in [3.8, 4) is 0 Å². The minimum atomic E-state index is 0.200. The summed E-state index contributed by atoms with van der Waals surface area (Å²) in [5.41, 5.74) is 0.200. The maximum atomic E-state index is 5.86. The Morgan fingerprint density at radius 3 is 2.75 bits per heavy atom. The fourth-order valence-corrected chi connectivity index (χ4v) is 3.98. The van der Waals surface area contributed by atoms with Gasteiger partial charge in [-0.1, -0.05) is 26.0 Å². The zero-order chi connectivity index (χ0) is 14.2. The van der Waals surface area contributed by atoms with Gasteiger partial charge in [0.1, 0.15) is 0 Å². The van der Waals surface area contributed by atoms with Gasteiger partial charge in [-0.3, -0.25) is 4.99 Å². The van der Waals surface area contributed by atoms with Crippen molar-refractivity contribution in [3.05, 3.63) is 12.2 Å². The fourth-order valence-electron chi connectivity index (χ4n) is 3.98. The Balaban J connectivity index is 1.63. The first-order chi connectivity index (χ1) is 9.63. The van der Waals surface area contributed by atoms with Crippen molar-refractivity contribution in [1.29, 1.82) is 0 Å². The van der Waals surface area contributed by atoms with E-state index in [2.05, 4.69) is 48.5 Å². The van der Waals surface area contributed by atoms with E-state index in [1.165, 1.54) is 6.42 Å². The van der Waals surface area contributed by atoms with Crippen LogP contribution in [-0.4, -0.2) is 37.3 Å². The number of hydrogen-bond donors (Lipinski definition) is 2. The van der Waals surface area contributed by atoms with E-state index in [9.17, 15) is 0 Å². The third-order valence-corrected chi connectivity index (χ3v) is 5.06. The van der Waals surface area contributed by atoms with Gasteiger partial charge in [0.25, 0.3) is 0 Å². The highest BCUT2D eigenvalue weighted by Crippen LogP contribution is 2.52. The molecular formula is C16H27N3O. The molecule has 1 saturated carbocycles. The Hall–Kier alpha value is -1.03. The average molecular weight is 277 g/mol. The number of rotatable bonds is 3. The predicted molar refractivity (Wildman–Crippen MR) is 81.8 cm³/mol. The van der Waals surface area contributed by atoms with Crippen molar-refractivity contribution < 1.29 is 4.74 Å². The Morgan fingerprint density at radius 2 is 2.05 bits per heavy atom. The summed E-state index contributed by atoms with van der Waals surface area (Å²) in [6.45, 7) is 8.42. The molecule has 3 rings (SSSR count). The van der Waals surface area contributed by atoms with Crippen molar-refractivity contribution in [2.75, 3.05) is 13.2 Å². The lowest BCUT2D eigenvalue weighted by Crippen LogP contribution is -2.68. The molecular weight excluding hydrogens is 250 g/mol. The maximum Gasteiger partial charge on any atom is 0.191 e. The molecule has 0 amide bonds. The minimum Gasteiger partial charge on any atom is -0.377 e. The van der Waals surface area contributed by atoms with Gasteiger partial charge in [0.15, 0.2) is 5.96 Å². The maximum absolute atomic E-state index is 5.86. The lowest BCUT2D eigenvalue weighted by atomic mass is 9.57. The van der Waals surface area contributed by atoms with Crippen LogP contribution in [0.1, 0.15) is 40.0 Å². The Morgan fingerprint density at radius 1 is 1.30 bits per heavy atom. The molecule has 1 aliphatic heterocycles. The van der Waals surface area contributed by atoms with Crippen molar-refractivity contribution in [3.63, 3.8) is 0 Å². The topological polar surface area (TPSA) is 45.7 Å². The van der Waals surface area contributed by atoms with Crippen LogP contribution in [0.5, 0.6) is 0 Å². The second-order valence-corrected chi connectivity index (χ2v) is 6.79. The van der Waals surface area contributed by atoms with Crippen LogP contribution in [-0.2, 0) is 4.74 Å². The van der Waals surface area contributed by atoms with E-state index >= 15 is 0 Å². The quantitative estimate of drug-likeness (QED) is 0.471. The lowest BCUT2D eigenvalue weighted by molar-refractivity contribution is -0.106. The highest BCUT2D eigenvalue weighted by molar-refractivity contribution is 5.80. The number of hydrogen-bond acceptors (Lipinski definition) is 2. The van der Waals surface area contributed by atoms with E-state index in [1.54, 1.807) is 0 Å². The van der Waals surface area contributed by atoms with Gasteiger partial charge in [-0.05, 0) is 26.2 Å². The summed E-state index contributed by atoms with van der Waals surface area (Å²) in [6, 6.07) is 0.980. The molecule has 0 radical (unpaired) electrons. The van der Waals surface area contributed by atoms with Gasteiger partial charge in [0.2, 0.25) is 0 Å². The summed E-state index contributed by atoms with van der Waals surface area (Å²) in [7, 11) is 0. The molecule has 1 saturated heterocycles. The monoisotopic (exact) mass is 277 g/mol. The number of guanidine groups is 1. The van der Waals surface area contributed by atoms with E-state index in [1.807, 2.05) is 0 Å². The molecule has 2 aliphatic carbocycles. The Kier molecular flexibility index (Phi) is 3.76. The molecule has 3 aliphatic rings. The second-order valence-electron chi connectivity index (χ2n) is 6.79. The first-order valence-electron chi connectivity index (χ1n) is 7.97. The summed E-state index contributed by atoms with van der Waals surface area (Å²) in [5.74, 6) is 1.63. The molecule has 0 spiro atoms. The summed E-state index contributed by atoms with van der Waals surface area (Å²) in [4.78, 5) is 4.62. The van der Waals surface area contributed by atoms with Gasteiger partial charge in [-0.2, -0.15) is 0 Å². The molecule has 3 unspecified atom stereocenters. The van der Waals surface area contributed by atoms with Crippen molar-refractivity contribution >= 4 is 5.96 Å². The first kappa shape index (κ1) is 13.9. The smallest absolute Gasteiger partial charge is 0.191 e. The van der Waals surface area contributed by atoms with Gasteiger partial charge in [0.05, 0.1) is 6.10 Å². The summed E-state index contributed by atoms with van der Waals surface area (Å²) in [5, 5.41) is 7.24. The average Bonchev–Trinajstić information content (AvgIpc) is 3.06.